The van der Waals surface area contributed by atoms with Crippen molar-refractivity contribution in [3.05, 3.63) is 41.6 Å². The molecule has 6 heteroatoms. The number of nitrogen functional groups attached to an aromatic ring is 1. The smallest absolute Gasteiger partial charge is 0.337 e. The number of carbonyl (C=O) groups is 1. The highest BCUT2D eigenvalue weighted by Crippen LogP contribution is 2.21. The van der Waals surface area contributed by atoms with Gasteiger partial charge in [-0.05, 0) is 18.2 Å². The molecule has 0 unspecified atom stereocenters. The first-order valence-corrected chi connectivity index (χ1v) is 6.29. The van der Waals surface area contributed by atoms with Crippen molar-refractivity contribution in [1.29, 1.82) is 0 Å². The van der Waals surface area contributed by atoms with Crippen LogP contribution in [0.2, 0.25) is 0 Å². The number of aromatic nitrogens is 1. The third-order valence-corrected chi connectivity index (χ3v) is 2.83. The number of hydrogen-bond donors (Lipinski definition) is 2. The van der Waals surface area contributed by atoms with Gasteiger partial charge in [0.1, 0.15) is 6.26 Å². The van der Waals surface area contributed by atoms with Gasteiger partial charge in [0, 0.05) is 6.42 Å². The van der Waals surface area contributed by atoms with E-state index < -0.39 is 5.97 Å². The first-order chi connectivity index (χ1) is 9.63. The number of carbonyl (C=O) groups excluding carboxylic acids is 1. The van der Waals surface area contributed by atoms with Crippen LogP contribution < -0.4 is 11.1 Å². The number of esters is 1. The second-order valence-electron chi connectivity index (χ2n) is 4.23. The summed E-state index contributed by atoms with van der Waals surface area (Å²) in [6.45, 7) is 2.48. The van der Waals surface area contributed by atoms with Crippen molar-refractivity contribution in [3.8, 4) is 0 Å². The molecule has 0 saturated carbocycles. The Morgan fingerprint density at radius 1 is 1.50 bits per heavy atom. The van der Waals surface area contributed by atoms with Crippen LogP contribution in [0.4, 0.5) is 11.4 Å². The van der Waals surface area contributed by atoms with E-state index in [4.69, 9.17) is 10.2 Å². The second-order valence-corrected chi connectivity index (χ2v) is 4.23. The van der Waals surface area contributed by atoms with Gasteiger partial charge < -0.3 is 20.2 Å². The summed E-state index contributed by atoms with van der Waals surface area (Å²) in [5.41, 5.74) is 8.33. The molecule has 6 nitrogen and oxygen atoms in total. The summed E-state index contributed by atoms with van der Waals surface area (Å²) in [7, 11) is 1.33. The highest BCUT2D eigenvalue weighted by Gasteiger charge is 2.08. The van der Waals surface area contributed by atoms with Gasteiger partial charge >= 0.3 is 5.97 Å². The molecular formula is C14H17N3O3. The van der Waals surface area contributed by atoms with E-state index in [9.17, 15) is 4.79 Å². The molecule has 0 aliphatic carbocycles. The molecule has 2 rings (SSSR count). The number of nitrogens with zero attached hydrogens (tertiary/aromatic N) is 1. The molecule has 1 aromatic heterocycles. The van der Waals surface area contributed by atoms with Crippen molar-refractivity contribution in [2.45, 2.75) is 19.9 Å². The normalized spacial score (nSPS) is 10.3. The minimum absolute atomic E-state index is 0.410. The fourth-order valence-electron chi connectivity index (χ4n) is 1.75. The van der Waals surface area contributed by atoms with E-state index in [1.54, 1.807) is 24.5 Å². The molecule has 2 aromatic rings. The maximum absolute atomic E-state index is 11.4. The van der Waals surface area contributed by atoms with Crippen LogP contribution in [0, 0.1) is 0 Å². The zero-order valence-electron chi connectivity index (χ0n) is 11.5. The minimum Gasteiger partial charge on any atom is -0.465 e. The van der Waals surface area contributed by atoms with Crippen molar-refractivity contribution in [2.24, 2.45) is 0 Å². The quantitative estimate of drug-likeness (QED) is 0.642. The lowest BCUT2D eigenvalue weighted by Crippen LogP contribution is -2.06. The number of ether oxygens (including phenoxy) is 1. The van der Waals surface area contributed by atoms with Crippen LogP contribution in [-0.2, 0) is 17.7 Å². The summed E-state index contributed by atoms with van der Waals surface area (Å²) in [5, 5.41) is 3.15. The minimum atomic E-state index is -0.410. The predicted octanol–water partition coefficient (Wildman–Crippen LogP) is 2.22. The lowest BCUT2D eigenvalue weighted by atomic mass is 10.1. The topological polar surface area (TPSA) is 90.4 Å². The number of anilines is 2. The van der Waals surface area contributed by atoms with Gasteiger partial charge in [0.2, 0.25) is 0 Å². The standard InChI is InChI=1S/C14H17N3O3/c1-3-13-17-10(8-20-13)7-16-12-5-4-9(6-11(12)15)14(18)19-2/h4-6,8,16H,3,7,15H2,1-2H3. The highest BCUT2D eigenvalue weighted by molar-refractivity contribution is 5.91. The van der Waals surface area contributed by atoms with Crippen LogP contribution in [0.1, 0.15) is 28.9 Å². The molecule has 106 valence electrons. The van der Waals surface area contributed by atoms with Crippen molar-refractivity contribution in [3.63, 3.8) is 0 Å². The zero-order valence-corrected chi connectivity index (χ0v) is 11.5. The van der Waals surface area contributed by atoms with Crippen LogP contribution in [0.3, 0.4) is 0 Å². The van der Waals surface area contributed by atoms with E-state index in [0.717, 1.165) is 17.8 Å². The SMILES string of the molecule is CCc1nc(CNc2ccc(C(=O)OC)cc2N)co1. The lowest BCUT2D eigenvalue weighted by molar-refractivity contribution is 0.0601. The van der Waals surface area contributed by atoms with Crippen molar-refractivity contribution < 1.29 is 13.9 Å². The third-order valence-electron chi connectivity index (χ3n) is 2.83. The molecule has 0 spiro atoms. The van der Waals surface area contributed by atoms with Crippen molar-refractivity contribution >= 4 is 17.3 Å². The Labute approximate surface area is 116 Å². The average molecular weight is 275 g/mol. The van der Waals surface area contributed by atoms with Gasteiger partial charge in [0.15, 0.2) is 5.89 Å². The van der Waals surface area contributed by atoms with Crippen molar-refractivity contribution in [1.82, 2.24) is 4.98 Å². The number of aryl methyl sites for hydroxylation is 1. The molecule has 0 aliphatic heterocycles. The molecule has 20 heavy (non-hydrogen) atoms. The van der Waals surface area contributed by atoms with Crippen LogP contribution in [0.15, 0.2) is 28.9 Å². The average Bonchev–Trinajstić information content (AvgIpc) is 2.93. The Bertz CT molecular complexity index is 607. The highest BCUT2D eigenvalue weighted by atomic mass is 16.5. The van der Waals surface area contributed by atoms with Gasteiger partial charge in [0.25, 0.3) is 0 Å². The van der Waals surface area contributed by atoms with Gasteiger partial charge in [-0.3, -0.25) is 0 Å². The number of hydrogen-bond acceptors (Lipinski definition) is 6. The Balaban J connectivity index is 2.04. The summed E-state index contributed by atoms with van der Waals surface area (Å²) in [4.78, 5) is 15.7. The predicted molar refractivity (Wildman–Crippen MR) is 75.4 cm³/mol. The zero-order chi connectivity index (χ0) is 14.5. The van der Waals surface area contributed by atoms with E-state index in [2.05, 4.69) is 15.0 Å². The molecule has 0 amide bonds. The van der Waals surface area contributed by atoms with Crippen LogP contribution in [0.25, 0.3) is 0 Å². The maximum atomic E-state index is 11.4. The number of methoxy groups -OCH3 is 1. The van der Waals surface area contributed by atoms with Gasteiger partial charge in [0.05, 0.1) is 36.3 Å². The van der Waals surface area contributed by atoms with E-state index in [1.807, 2.05) is 6.92 Å². The fraction of sp³-hybridized carbons (Fsp3) is 0.286. The van der Waals surface area contributed by atoms with Gasteiger partial charge in [-0.2, -0.15) is 0 Å². The third kappa shape index (κ3) is 3.09. The van der Waals surface area contributed by atoms with Crippen molar-refractivity contribution in [2.75, 3.05) is 18.2 Å². The molecular weight excluding hydrogens is 258 g/mol. The van der Waals surface area contributed by atoms with E-state index >= 15 is 0 Å². The van der Waals surface area contributed by atoms with Gasteiger partial charge in [-0.15, -0.1) is 0 Å². The molecule has 1 heterocycles. The Kier molecular flexibility index (Phi) is 4.24. The largest absolute Gasteiger partial charge is 0.465 e. The molecule has 0 fully saturated rings. The van der Waals surface area contributed by atoms with E-state index in [1.165, 1.54) is 7.11 Å². The summed E-state index contributed by atoms with van der Waals surface area (Å²) in [5.74, 6) is 0.295. The Hall–Kier alpha value is -2.50. The summed E-state index contributed by atoms with van der Waals surface area (Å²) >= 11 is 0. The van der Waals surface area contributed by atoms with E-state index in [0.29, 0.717) is 23.7 Å². The second kappa shape index (κ2) is 6.10. The Morgan fingerprint density at radius 3 is 2.90 bits per heavy atom. The summed E-state index contributed by atoms with van der Waals surface area (Å²) in [6, 6.07) is 4.97. The molecule has 0 aliphatic rings. The molecule has 0 saturated heterocycles. The first-order valence-electron chi connectivity index (χ1n) is 6.29. The summed E-state index contributed by atoms with van der Waals surface area (Å²) < 4.78 is 9.89. The first kappa shape index (κ1) is 13.9. The van der Waals surface area contributed by atoms with E-state index in [-0.39, 0.29) is 0 Å². The molecule has 3 N–H and O–H groups in total. The number of oxazole rings is 1. The fourth-order valence-corrected chi connectivity index (χ4v) is 1.75. The Morgan fingerprint density at radius 2 is 2.30 bits per heavy atom. The van der Waals surface area contributed by atoms with Gasteiger partial charge in [-0.1, -0.05) is 6.92 Å². The number of benzene rings is 1. The van der Waals surface area contributed by atoms with Crippen LogP contribution in [0.5, 0.6) is 0 Å². The van der Waals surface area contributed by atoms with Gasteiger partial charge in [-0.25, -0.2) is 9.78 Å². The number of rotatable bonds is 5. The molecule has 0 radical (unpaired) electrons. The molecule has 0 bridgehead atoms. The van der Waals surface area contributed by atoms with Crippen LogP contribution >= 0.6 is 0 Å². The van der Waals surface area contributed by atoms with Crippen LogP contribution in [-0.4, -0.2) is 18.1 Å². The maximum Gasteiger partial charge on any atom is 0.337 e. The summed E-state index contributed by atoms with van der Waals surface area (Å²) in [6.07, 6.45) is 2.38. The molecule has 1 aromatic carbocycles. The monoisotopic (exact) mass is 275 g/mol. The number of nitrogens with two attached hydrogens (primary N) is 1. The lowest BCUT2D eigenvalue weighted by Gasteiger charge is -2.09. The number of nitrogens with one attached hydrogen (secondary N) is 1. The molecule has 0 atom stereocenters.